The highest BCUT2D eigenvalue weighted by molar-refractivity contribution is 5.95. The number of unbranched alkanes of at least 4 members (excludes halogenated alkanes) is 7. The van der Waals surface area contributed by atoms with Gasteiger partial charge < -0.3 is 9.47 Å². The summed E-state index contributed by atoms with van der Waals surface area (Å²) < 4.78 is 11.4. The minimum absolute atomic E-state index is 0.152. The molecule has 1 aromatic rings. The lowest BCUT2D eigenvalue weighted by molar-refractivity contribution is 0.109. The van der Waals surface area contributed by atoms with E-state index in [0.29, 0.717) is 13.2 Å². The summed E-state index contributed by atoms with van der Waals surface area (Å²) >= 11 is 0. The van der Waals surface area contributed by atoms with Crippen LogP contribution in [-0.4, -0.2) is 31.8 Å². The topological polar surface area (TPSA) is 30.8 Å². The van der Waals surface area contributed by atoms with Crippen LogP contribution in [0.2, 0.25) is 0 Å². The van der Waals surface area contributed by atoms with E-state index in [9.17, 15) is 0 Å². The summed E-state index contributed by atoms with van der Waals surface area (Å²) in [5, 5.41) is 0. The monoisotopic (exact) mass is 317 g/mol. The summed E-state index contributed by atoms with van der Waals surface area (Å²) in [4.78, 5) is 4.60. The molecule has 3 heteroatoms. The van der Waals surface area contributed by atoms with Crippen molar-refractivity contribution in [2.24, 2.45) is 4.99 Å². The Morgan fingerprint density at radius 3 is 2.43 bits per heavy atom. The number of ether oxygens (including phenoxy) is 2. The molecule has 0 fully saturated rings. The van der Waals surface area contributed by atoms with E-state index in [2.05, 4.69) is 11.9 Å². The molecule has 1 heterocycles. The second kappa shape index (κ2) is 11.2. The summed E-state index contributed by atoms with van der Waals surface area (Å²) in [5.74, 6) is 0.756. The third kappa shape index (κ3) is 7.17. The summed E-state index contributed by atoms with van der Waals surface area (Å²) in [6.07, 6.45) is 10.7. The Kier molecular flexibility index (Phi) is 8.78. The molecule has 128 valence electrons. The number of nitrogens with zero attached hydrogens (tertiary/aromatic N) is 1. The molecule has 0 N–H and O–H groups in total. The lowest BCUT2D eigenvalue weighted by Gasteiger charge is -2.06. The highest BCUT2D eigenvalue weighted by Gasteiger charge is 2.19. The zero-order chi connectivity index (χ0) is 16.2. The van der Waals surface area contributed by atoms with E-state index in [1.54, 1.807) is 0 Å². The van der Waals surface area contributed by atoms with Crippen molar-refractivity contribution in [1.29, 1.82) is 0 Å². The van der Waals surface area contributed by atoms with Gasteiger partial charge in [0.15, 0.2) is 0 Å². The maximum Gasteiger partial charge on any atom is 0.216 e. The molecule has 1 atom stereocenters. The number of benzene rings is 1. The van der Waals surface area contributed by atoms with Crippen molar-refractivity contribution in [2.75, 3.05) is 19.8 Å². The van der Waals surface area contributed by atoms with E-state index in [0.717, 1.165) is 24.5 Å². The summed E-state index contributed by atoms with van der Waals surface area (Å²) in [6, 6.07) is 10.2. The average Bonchev–Trinajstić information content (AvgIpc) is 3.06. The van der Waals surface area contributed by atoms with Crippen molar-refractivity contribution in [3.63, 3.8) is 0 Å². The molecule has 0 bridgehead atoms. The fourth-order valence-corrected chi connectivity index (χ4v) is 2.80. The van der Waals surface area contributed by atoms with Gasteiger partial charge in [-0.2, -0.15) is 0 Å². The molecule has 0 aromatic heterocycles. The Balaban J connectivity index is 1.48. The fraction of sp³-hybridized carbons (Fsp3) is 0.650. The van der Waals surface area contributed by atoms with Crippen LogP contribution in [0.5, 0.6) is 0 Å². The quantitative estimate of drug-likeness (QED) is 0.508. The van der Waals surface area contributed by atoms with Gasteiger partial charge in [-0.1, -0.05) is 70.1 Å². The van der Waals surface area contributed by atoms with Gasteiger partial charge in [0.1, 0.15) is 12.6 Å². The van der Waals surface area contributed by atoms with Crippen LogP contribution in [0.25, 0.3) is 0 Å². The van der Waals surface area contributed by atoms with Crippen LogP contribution in [0.1, 0.15) is 63.9 Å². The van der Waals surface area contributed by atoms with Gasteiger partial charge in [-0.25, -0.2) is 4.99 Å². The lowest BCUT2D eigenvalue weighted by Crippen LogP contribution is -2.15. The van der Waals surface area contributed by atoms with Crippen LogP contribution in [0, 0.1) is 0 Å². The minimum Gasteiger partial charge on any atom is -0.475 e. The lowest BCUT2D eigenvalue weighted by atomic mass is 10.1. The Morgan fingerprint density at radius 1 is 1.00 bits per heavy atom. The van der Waals surface area contributed by atoms with Crippen LogP contribution in [0.4, 0.5) is 0 Å². The zero-order valence-electron chi connectivity index (χ0n) is 14.5. The maximum atomic E-state index is 5.76. The third-order valence-electron chi connectivity index (χ3n) is 4.19. The van der Waals surface area contributed by atoms with Crippen LogP contribution in [-0.2, 0) is 9.47 Å². The van der Waals surface area contributed by atoms with Crippen molar-refractivity contribution in [1.82, 2.24) is 0 Å². The number of rotatable bonds is 12. The first-order valence-corrected chi connectivity index (χ1v) is 9.24. The van der Waals surface area contributed by atoms with Gasteiger partial charge in [-0.15, -0.1) is 0 Å². The number of aliphatic imine (C=N–C) groups is 1. The van der Waals surface area contributed by atoms with Crippen LogP contribution < -0.4 is 0 Å². The second-order valence-electron chi connectivity index (χ2n) is 6.31. The van der Waals surface area contributed by atoms with Crippen LogP contribution in [0.3, 0.4) is 0 Å². The van der Waals surface area contributed by atoms with Crippen molar-refractivity contribution < 1.29 is 9.47 Å². The van der Waals surface area contributed by atoms with Crippen LogP contribution >= 0.6 is 0 Å². The first-order chi connectivity index (χ1) is 11.4. The average molecular weight is 317 g/mol. The Labute approximate surface area is 141 Å². The SMILES string of the molecule is CCCCCCCCCCOCC1COC(c2ccccc2)=N1. The van der Waals surface area contributed by atoms with Crippen molar-refractivity contribution in [2.45, 2.75) is 64.3 Å². The maximum absolute atomic E-state index is 5.76. The summed E-state index contributed by atoms with van der Waals surface area (Å²) in [5.41, 5.74) is 1.05. The molecule has 0 aliphatic carbocycles. The van der Waals surface area contributed by atoms with Gasteiger partial charge in [-0.05, 0) is 18.6 Å². The molecule has 1 aliphatic rings. The molecule has 0 amide bonds. The van der Waals surface area contributed by atoms with E-state index >= 15 is 0 Å². The fourth-order valence-electron chi connectivity index (χ4n) is 2.80. The van der Waals surface area contributed by atoms with Crippen molar-refractivity contribution in [3.8, 4) is 0 Å². The largest absolute Gasteiger partial charge is 0.475 e. The molecule has 1 aromatic carbocycles. The molecule has 3 nitrogen and oxygen atoms in total. The molecule has 0 spiro atoms. The number of hydrogen-bond donors (Lipinski definition) is 0. The molecule has 23 heavy (non-hydrogen) atoms. The molecule has 1 aliphatic heterocycles. The smallest absolute Gasteiger partial charge is 0.216 e. The van der Waals surface area contributed by atoms with Gasteiger partial charge in [0.05, 0.1) is 6.61 Å². The summed E-state index contributed by atoms with van der Waals surface area (Å²) in [7, 11) is 0. The van der Waals surface area contributed by atoms with Crippen LogP contribution in [0.15, 0.2) is 35.3 Å². The third-order valence-corrected chi connectivity index (χ3v) is 4.19. The molecule has 1 unspecified atom stereocenters. The zero-order valence-corrected chi connectivity index (χ0v) is 14.5. The van der Waals surface area contributed by atoms with E-state index in [4.69, 9.17) is 9.47 Å². The van der Waals surface area contributed by atoms with Crippen molar-refractivity contribution in [3.05, 3.63) is 35.9 Å². The highest BCUT2D eigenvalue weighted by Crippen LogP contribution is 2.13. The van der Waals surface area contributed by atoms with E-state index in [1.165, 1.54) is 44.9 Å². The van der Waals surface area contributed by atoms with E-state index in [1.807, 2.05) is 30.3 Å². The standard InChI is InChI=1S/C20H31NO2/c1-2-3-4-5-6-7-8-12-15-22-16-19-17-23-20(21-19)18-13-10-9-11-14-18/h9-11,13-14,19H,2-8,12,15-17H2,1H3. The molecule has 2 rings (SSSR count). The van der Waals surface area contributed by atoms with Gasteiger partial charge in [0.25, 0.3) is 0 Å². The molecule has 0 saturated heterocycles. The Bertz CT molecular complexity index is 444. The Hall–Kier alpha value is -1.35. The predicted octanol–water partition coefficient (Wildman–Crippen LogP) is 4.99. The second-order valence-corrected chi connectivity index (χ2v) is 6.31. The van der Waals surface area contributed by atoms with Gasteiger partial charge in [-0.3, -0.25) is 0 Å². The van der Waals surface area contributed by atoms with E-state index < -0.39 is 0 Å². The van der Waals surface area contributed by atoms with Gasteiger partial charge >= 0.3 is 0 Å². The normalized spacial score (nSPS) is 17.1. The van der Waals surface area contributed by atoms with Gasteiger partial charge in [0.2, 0.25) is 5.90 Å². The van der Waals surface area contributed by atoms with Gasteiger partial charge in [0, 0.05) is 12.2 Å². The first kappa shape index (κ1) is 18.0. The minimum atomic E-state index is 0.152. The number of hydrogen-bond acceptors (Lipinski definition) is 3. The molecular formula is C20H31NO2. The predicted molar refractivity (Wildman–Crippen MR) is 96.1 cm³/mol. The molecule has 0 saturated carbocycles. The first-order valence-electron chi connectivity index (χ1n) is 9.24. The molecule has 0 radical (unpaired) electrons. The van der Waals surface area contributed by atoms with Crippen molar-refractivity contribution >= 4 is 5.90 Å². The Morgan fingerprint density at radius 2 is 1.70 bits per heavy atom. The molecular weight excluding hydrogens is 286 g/mol. The van der Waals surface area contributed by atoms with E-state index in [-0.39, 0.29) is 6.04 Å². The highest BCUT2D eigenvalue weighted by atomic mass is 16.5. The summed E-state index contributed by atoms with van der Waals surface area (Å²) in [6.45, 7) is 4.43.